The number of rotatable bonds is 3. The summed E-state index contributed by atoms with van der Waals surface area (Å²) in [5.74, 6) is -1.17. The molecule has 1 aromatic rings. The normalized spacial score (nSPS) is 12.6. The molecule has 0 radical (unpaired) electrons. The van der Waals surface area contributed by atoms with Gasteiger partial charge < -0.3 is 9.84 Å². The standard InChI is InChI=1S/C12H17N3O5/c1-7(10(17)18)15-9(16)5-8(6-13-15)14-11(19)20-12(2,3)4/h5-7H,1-4H3,(H,14,19)(H,17,18)/t7-/m1/s1. The summed E-state index contributed by atoms with van der Waals surface area (Å²) in [5.41, 5.74) is -1.16. The van der Waals surface area contributed by atoms with E-state index in [1.807, 2.05) is 0 Å². The van der Waals surface area contributed by atoms with E-state index in [2.05, 4.69) is 10.4 Å². The number of ether oxygens (including phenoxy) is 1. The van der Waals surface area contributed by atoms with Gasteiger partial charge in [-0.2, -0.15) is 5.10 Å². The number of carboxylic acids is 1. The second-order valence-electron chi connectivity index (χ2n) is 5.17. The largest absolute Gasteiger partial charge is 0.480 e. The molecule has 0 spiro atoms. The summed E-state index contributed by atoms with van der Waals surface area (Å²) in [5, 5.41) is 14.9. The first-order chi connectivity index (χ1) is 9.10. The smallest absolute Gasteiger partial charge is 0.412 e. The molecule has 1 amide bonds. The fourth-order valence-electron chi connectivity index (χ4n) is 1.30. The molecule has 0 aliphatic carbocycles. The van der Waals surface area contributed by atoms with E-state index in [0.717, 1.165) is 10.7 Å². The predicted octanol–water partition coefficient (Wildman–Crippen LogP) is 1.24. The molecule has 0 aromatic carbocycles. The van der Waals surface area contributed by atoms with Gasteiger partial charge in [0.25, 0.3) is 5.56 Å². The molecular formula is C12H17N3O5. The lowest BCUT2D eigenvalue weighted by atomic mass is 10.2. The SMILES string of the molecule is C[C@H](C(=O)O)n1ncc(NC(=O)OC(C)(C)C)cc1=O. The maximum atomic E-state index is 11.7. The highest BCUT2D eigenvalue weighted by atomic mass is 16.6. The van der Waals surface area contributed by atoms with Crippen molar-refractivity contribution in [3.63, 3.8) is 0 Å². The van der Waals surface area contributed by atoms with Crippen LogP contribution in [0.25, 0.3) is 0 Å². The summed E-state index contributed by atoms with van der Waals surface area (Å²) in [6.07, 6.45) is 0.466. The number of carboxylic acid groups (broad SMARTS) is 1. The average molecular weight is 283 g/mol. The molecular weight excluding hydrogens is 266 g/mol. The van der Waals surface area contributed by atoms with Crippen LogP contribution in [-0.2, 0) is 9.53 Å². The molecule has 0 saturated carbocycles. The number of aliphatic carboxylic acids is 1. The molecule has 8 heteroatoms. The molecule has 20 heavy (non-hydrogen) atoms. The number of amides is 1. The highest BCUT2D eigenvalue weighted by molar-refractivity contribution is 5.84. The minimum Gasteiger partial charge on any atom is -0.480 e. The van der Waals surface area contributed by atoms with Gasteiger partial charge >= 0.3 is 12.1 Å². The van der Waals surface area contributed by atoms with E-state index in [-0.39, 0.29) is 5.69 Å². The van der Waals surface area contributed by atoms with Crippen molar-refractivity contribution in [3.05, 3.63) is 22.6 Å². The van der Waals surface area contributed by atoms with Crippen molar-refractivity contribution in [2.24, 2.45) is 0 Å². The molecule has 2 N–H and O–H groups in total. The Bertz CT molecular complexity index is 573. The van der Waals surface area contributed by atoms with E-state index in [4.69, 9.17) is 9.84 Å². The minimum absolute atomic E-state index is 0.137. The molecule has 0 unspecified atom stereocenters. The highest BCUT2D eigenvalue weighted by Crippen LogP contribution is 2.10. The van der Waals surface area contributed by atoms with Crippen molar-refractivity contribution < 1.29 is 19.4 Å². The summed E-state index contributed by atoms with van der Waals surface area (Å²) in [7, 11) is 0. The van der Waals surface area contributed by atoms with Crippen molar-refractivity contribution in [1.82, 2.24) is 9.78 Å². The van der Waals surface area contributed by atoms with Crippen LogP contribution in [0.3, 0.4) is 0 Å². The summed E-state index contributed by atoms with van der Waals surface area (Å²) < 4.78 is 5.82. The molecule has 1 aromatic heterocycles. The van der Waals surface area contributed by atoms with E-state index < -0.39 is 29.3 Å². The van der Waals surface area contributed by atoms with Gasteiger partial charge in [-0.25, -0.2) is 14.3 Å². The lowest BCUT2D eigenvalue weighted by molar-refractivity contribution is -0.140. The third kappa shape index (κ3) is 4.38. The maximum absolute atomic E-state index is 11.7. The quantitative estimate of drug-likeness (QED) is 0.863. The number of carbonyl (C=O) groups excluding carboxylic acids is 1. The van der Waals surface area contributed by atoms with Crippen molar-refractivity contribution in [1.29, 1.82) is 0 Å². The number of hydrogen-bond donors (Lipinski definition) is 2. The van der Waals surface area contributed by atoms with E-state index in [1.165, 1.54) is 13.1 Å². The van der Waals surface area contributed by atoms with Crippen LogP contribution in [0.1, 0.15) is 33.7 Å². The Morgan fingerprint density at radius 2 is 2.05 bits per heavy atom. The van der Waals surface area contributed by atoms with Crippen LogP contribution in [-0.4, -0.2) is 32.6 Å². The number of carbonyl (C=O) groups is 2. The number of aromatic nitrogens is 2. The molecule has 0 saturated heterocycles. The Kier molecular flexibility index (Phi) is 4.49. The summed E-state index contributed by atoms with van der Waals surface area (Å²) in [6.45, 7) is 6.45. The minimum atomic E-state index is -1.17. The van der Waals surface area contributed by atoms with Crippen molar-refractivity contribution in [2.45, 2.75) is 39.3 Å². The van der Waals surface area contributed by atoms with Crippen molar-refractivity contribution >= 4 is 17.7 Å². The van der Waals surface area contributed by atoms with Gasteiger partial charge in [0, 0.05) is 6.07 Å². The molecule has 1 atom stereocenters. The molecule has 0 bridgehead atoms. The average Bonchev–Trinajstić information content (AvgIpc) is 2.25. The van der Waals surface area contributed by atoms with Crippen molar-refractivity contribution in [3.8, 4) is 0 Å². The summed E-state index contributed by atoms with van der Waals surface area (Å²) in [6, 6.07) is -0.00539. The Labute approximate surface area is 115 Å². The Hall–Kier alpha value is -2.38. The fraction of sp³-hybridized carbons (Fsp3) is 0.500. The highest BCUT2D eigenvalue weighted by Gasteiger charge is 2.18. The first-order valence-electron chi connectivity index (χ1n) is 5.92. The molecule has 0 aliphatic rings. The van der Waals surface area contributed by atoms with Gasteiger partial charge in [-0.1, -0.05) is 0 Å². The van der Waals surface area contributed by atoms with Crippen LogP contribution in [0, 0.1) is 0 Å². The van der Waals surface area contributed by atoms with Gasteiger partial charge in [0.2, 0.25) is 0 Å². The molecule has 8 nitrogen and oxygen atoms in total. The maximum Gasteiger partial charge on any atom is 0.412 e. The van der Waals surface area contributed by atoms with Crippen LogP contribution in [0.2, 0.25) is 0 Å². The number of nitrogens with zero attached hydrogens (tertiary/aromatic N) is 2. The Balaban J connectivity index is 2.86. The third-order valence-electron chi connectivity index (χ3n) is 2.20. The zero-order chi connectivity index (χ0) is 15.5. The van der Waals surface area contributed by atoms with Crippen LogP contribution >= 0.6 is 0 Å². The first kappa shape index (κ1) is 15.7. The van der Waals surface area contributed by atoms with Gasteiger partial charge in [-0.3, -0.25) is 10.1 Å². The van der Waals surface area contributed by atoms with Crippen LogP contribution < -0.4 is 10.9 Å². The molecule has 0 aliphatic heterocycles. The second-order valence-corrected chi connectivity index (χ2v) is 5.17. The van der Waals surface area contributed by atoms with E-state index in [9.17, 15) is 14.4 Å². The molecule has 1 heterocycles. The van der Waals surface area contributed by atoms with Crippen LogP contribution in [0.15, 0.2) is 17.1 Å². The van der Waals surface area contributed by atoms with E-state index in [1.54, 1.807) is 20.8 Å². The zero-order valence-corrected chi connectivity index (χ0v) is 11.7. The lowest BCUT2D eigenvalue weighted by Gasteiger charge is -2.19. The van der Waals surface area contributed by atoms with E-state index >= 15 is 0 Å². The lowest BCUT2D eigenvalue weighted by Crippen LogP contribution is -2.31. The van der Waals surface area contributed by atoms with E-state index in [0.29, 0.717) is 0 Å². The summed E-state index contributed by atoms with van der Waals surface area (Å²) >= 11 is 0. The van der Waals surface area contributed by atoms with Crippen LogP contribution in [0.4, 0.5) is 10.5 Å². The monoisotopic (exact) mass is 283 g/mol. The van der Waals surface area contributed by atoms with Gasteiger partial charge in [0.05, 0.1) is 11.9 Å². The van der Waals surface area contributed by atoms with Crippen LogP contribution in [0.5, 0.6) is 0 Å². The second kappa shape index (κ2) is 5.72. The zero-order valence-electron chi connectivity index (χ0n) is 11.7. The number of nitrogens with one attached hydrogen (secondary N) is 1. The molecule has 0 fully saturated rings. The number of hydrogen-bond acceptors (Lipinski definition) is 5. The molecule has 110 valence electrons. The third-order valence-corrected chi connectivity index (χ3v) is 2.20. The Morgan fingerprint density at radius 3 is 2.50 bits per heavy atom. The number of anilines is 1. The topological polar surface area (TPSA) is 111 Å². The summed E-state index contributed by atoms with van der Waals surface area (Å²) in [4.78, 5) is 34.0. The van der Waals surface area contributed by atoms with Gasteiger partial charge in [0.1, 0.15) is 5.60 Å². The first-order valence-corrected chi connectivity index (χ1v) is 5.92. The fourth-order valence-corrected chi connectivity index (χ4v) is 1.30. The molecule has 1 rings (SSSR count). The predicted molar refractivity (Wildman–Crippen MR) is 70.7 cm³/mol. The van der Waals surface area contributed by atoms with Gasteiger partial charge in [0.15, 0.2) is 6.04 Å². The Morgan fingerprint density at radius 1 is 1.45 bits per heavy atom. The van der Waals surface area contributed by atoms with Gasteiger partial charge in [-0.15, -0.1) is 0 Å². The van der Waals surface area contributed by atoms with Gasteiger partial charge in [-0.05, 0) is 27.7 Å². The van der Waals surface area contributed by atoms with Crippen molar-refractivity contribution in [2.75, 3.05) is 5.32 Å².